The molecule has 0 unspecified atom stereocenters. The Kier molecular flexibility index (Phi) is 1.30. The summed E-state index contributed by atoms with van der Waals surface area (Å²) in [6.07, 6.45) is 4.40. The maximum absolute atomic E-state index is 11.1. The molecule has 0 bridgehead atoms. The Hall–Kier alpha value is -1.91. The summed E-state index contributed by atoms with van der Waals surface area (Å²) in [5, 5.41) is 4.43. The van der Waals surface area contributed by atoms with E-state index in [1.54, 1.807) is 6.20 Å². The molecule has 12 heavy (non-hydrogen) atoms. The maximum atomic E-state index is 11.1. The van der Waals surface area contributed by atoms with Gasteiger partial charge in [0.05, 0.1) is 6.33 Å². The van der Waals surface area contributed by atoms with Crippen LogP contribution in [0.4, 0.5) is 0 Å². The van der Waals surface area contributed by atoms with Crippen LogP contribution in [-0.4, -0.2) is 19.7 Å². The predicted molar refractivity (Wildman–Crippen MR) is 44.5 cm³/mol. The Bertz CT molecular complexity index is 481. The molecule has 0 saturated carbocycles. The van der Waals surface area contributed by atoms with Crippen LogP contribution in [0.25, 0.3) is 17.2 Å². The van der Waals surface area contributed by atoms with Gasteiger partial charge in [0.25, 0.3) is 5.56 Å². The molecular formula is C7H6N4O. The number of nitrogens with zero attached hydrogens (tertiary/aromatic N) is 3. The van der Waals surface area contributed by atoms with Gasteiger partial charge in [0.2, 0.25) is 0 Å². The number of aromatic amines is 1. The van der Waals surface area contributed by atoms with Gasteiger partial charge in [0.15, 0.2) is 5.65 Å². The lowest BCUT2D eigenvalue weighted by Gasteiger charge is -1.81. The van der Waals surface area contributed by atoms with E-state index in [4.69, 9.17) is 0 Å². The van der Waals surface area contributed by atoms with Gasteiger partial charge in [-0.2, -0.15) is 0 Å². The number of hydrogen-bond acceptors (Lipinski definition) is 3. The van der Waals surface area contributed by atoms with E-state index in [1.807, 2.05) is 0 Å². The second-order valence-corrected chi connectivity index (χ2v) is 2.26. The maximum Gasteiger partial charge on any atom is 0.261 e. The zero-order chi connectivity index (χ0) is 8.55. The highest BCUT2D eigenvalue weighted by Gasteiger charge is 2.01. The molecule has 0 radical (unpaired) electrons. The van der Waals surface area contributed by atoms with E-state index in [9.17, 15) is 4.79 Å². The van der Waals surface area contributed by atoms with E-state index in [0.29, 0.717) is 11.0 Å². The first-order chi connectivity index (χ1) is 5.81. The summed E-state index contributed by atoms with van der Waals surface area (Å²) < 4.78 is 1.45. The SMILES string of the molecule is C=Cn1cc2c(=O)[nH]cnc2n1. The molecule has 2 aromatic heterocycles. The summed E-state index contributed by atoms with van der Waals surface area (Å²) in [6, 6.07) is 0. The first-order valence-electron chi connectivity index (χ1n) is 3.36. The minimum absolute atomic E-state index is 0.187. The van der Waals surface area contributed by atoms with Gasteiger partial charge < -0.3 is 4.98 Å². The van der Waals surface area contributed by atoms with Gasteiger partial charge in [-0.3, -0.25) is 4.79 Å². The van der Waals surface area contributed by atoms with E-state index < -0.39 is 0 Å². The standard InChI is InChI=1S/C7H6N4O/c1-2-11-3-5-6(10-11)8-4-9-7(5)12/h2-4H,1H2,(H,8,9,10,12). The Labute approximate surface area is 67.4 Å². The van der Waals surface area contributed by atoms with Crippen molar-refractivity contribution in [3.8, 4) is 0 Å². The molecule has 1 N–H and O–H groups in total. The molecule has 0 aliphatic rings. The van der Waals surface area contributed by atoms with Crippen molar-refractivity contribution in [2.45, 2.75) is 0 Å². The number of fused-ring (bicyclic) bond motifs is 1. The Balaban J connectivity index is 2.92. The fourth-order valence-electron chi connectivity index (χ4n) is 0.961. The zero-order valence-corrected chi connectivity index (χ0v) is 6.19. The van der Waals surface area contributed by atoms with Crippen LogP contribution in [0.1, 0.15) is 0 Å². The smallest absolute Gasteiger partial charge is 0.261 e. The summed E-state index contributed by atoms with van der Waals surface area (Å²) in [5.41, 5.74) is 0.242. The van der Waals surface area contributed by atoms with Crippen LogP contribution in [0.3, 0.4) is 0 Å². The van der Waals surface area contributed by atoms with Crippen molar-refractivity contribution in [2.75, 3.05) is 0 Å². The molecule has 2 heterocycles. The van der Waals surface area contributed by atoms with Gasteiger partial charge in [0, 0.05) is 12.4 Å². The van der Waals surface area contributed by atoms with Crippen molar-refractivity contribution in [3.05, 3.63) is 29.5 Å². The fraction of sp³-hybridized carbons (Fsp3) is 0. The molecule has 0 aliphatic carbocycles. The molecule has 60 valence electrons. The number of aromatic nitrogens is 4. The van der Waals surface area contributed by atoms with E-state index in [1.165, 1.54) is 17.2 Å². The van der Waals surface area contributed by atoms with Crippen LogP contribution in [-0.2, 0) is 0 Å². The first-order valence-corrected chi connectivity index (χ1v) is 3.36. The lowest BCUT2D eigenvalue weighted by atomic mass is 10.4. The van der Waals surface area contributed by atoms with Crippen LogP contribution >= 0.6 is 0 Å². The summed E-state index contributed by atoms with van der Waals surface area (Å²) in [6.45, 7) is 3.52. The fourth-order valence-corrected chi connectivity index (χ4v) is 0.961. The molecule has 0 fully saturated rings. The molecule has 0 aromatic carbocycles. The van der Waals surface area contributed by atoms with E-state index in [0.717, 1.165) is 0 Å². The van der Waals surface area contributed by atoms with Gasteiger partial charge in [-0.05, 0) is 0 Å². The second-order valence-electron chi connectivity index (χ2n) is 2.26. The number of hydrogen-bond donors (Lipinski definition) is 1. The minimum atomic E-state index is -0.187. The quantitative estimate of drug-likeness (QED) is 0.652. The highest BCUT2D eigenvalue weighted by molar-refractivity contribution is 5.72. The molecule has 0 aliphatic heterocycles. The highest BCUT2D eigenvalue weighted by atomic mass is 16.1. The molecule has 0 atom stereocenters. The molecule has 5 heteroatoms. The number of H-pyrrole nitrogens is 1. The van der Waals surface area contributed by atoms with Gasteiger partial charge in [-0.15, -0.1) is 5.10 Å². The van der Waals surface area contributed by atoms with Crippen molar-refractivity contribution in [1.82, 2.24) is 19.7 Å². The molecule has 5 nitrogen and oxygen atoms in total. The second kappa shape index (κ2) is 2.30. The summed E-state index contributed by atoms with van der Waals surface area (Å²) in [5.74, 6) is 0. The van der Waals surface area contributed by atoms with Crippen molar-refractivity contribution in [2.24, 2.45) is 0 Å². The van der Waals surface area contributed by atoms with Crippen LogP contribution in [0, 0.1) is 0 Å². The van der Waals surface area contributed by atoms with Crippen LogP contribution in [0.2, 0.25) is 0 Å². The van der Waals surface area contributed by atoms with Crippen LogP contribution < -0.4 is 5.56 Å². The Morgan fingerprint density at radius 3 is 3.17 bits per heavy atom. The molecular weight excluding hydrogens is 156 g/mol. The van der Waals surface area contributed by atoms with Crippen LogP contribution in [0.5, 0.6) is 0 Å². The third kappa shape index (κ3) is 0.833. The van der Waals surface area contributed by atoms with Gasteiger partial charge in [-0.1, -0.05) is 6.58 Å². The molecule has 2 aromatic rings. The van der Waals surface area contributed by atoms with Crippen molar-refractivity contribution < 1.29 is 0 Å². The summed E-state index contributed by atoms with van der Waals surface area (Å²) in [7, 11) is 0. The lowest BCUT2D eigenvalue weighted by Crippen LogP contribution is -2.04. The monoisotopic (exact) mass is 162 g/mol. The van der Waals surface area contributed by atoms with Crippen molar-refractivity contribution in [1.29, 1.82) is 0 Å². The largest absolute Gasteiger partial charge is 0.312 e. The van der Waals surface area contributed by atoms with E-state index >= 15 is 0 Å². The Morgan fingerprint density at radius 1 is 1.67 bits per heavy atom. The first kappa shape index (κ1) is 6.78. The third-order valence-corrected chi connectivity index (χ3v) is 1.53. The van der Waals surface area contributed by atoms with E-state index in [-0.39, 0.29) is 5.56 Å². The topological polar surface area (TPSA) is 63.6 Å². The lowest BCUT2D eigenvalue weighted by molar-refractivity contribution is 0.945. The van der Waals surface area contributed by atoms with Crippen molar-refractivity contribution in [3.63, 3.8) is 0 Å². The number of rotatable bonds is 1. The zero-order valence-electron chi connectivity index (χ0n) is 6.19. The van der Waals surface area contributed by atoms with E-state index in [2.05, 4.69) is 21.6 Å². The van der Waals surface area contributed by atoms with Gasteiger partial charge in [0.1, 0.15) is 5.39 Å². The van der Waals surface area contributed by atoms with Gasteiger partial charge in [-0.25, -0.2) is 9.67 Å². The molecule has 0 spiro atoms. The average molecular weight is 162 g/mol. The number of nitrogens with one attached hydrogen (secondary N) is 1. The minimum Gasteiger partial charge on any atom is -0.312 e. The Morgan fingerprint density at radius 2 is 2.50 bits per heavy atom. The normalized spacial score (nSPS) is 10.3. The predicted octanol–water partition coefficient (Wildman–Crippen LogP) is 0.220. The third-order valence-electron chi connectivity index (χ3n) is 1.53. The summed E-state index contributed by atoms with van der Waals surface area (Å²) >= 11 is 0. The molecule has 0 amide bonds. The molecule has 0 saturated heterocycles. The highest BCUT2D eigenvalue weighted by Crippen LogP contribution is 2.01. The average Bonchev–Trinajstić information content (AvgIpc) is 2.49. The summed E-state index contributed by atoms with van der Waals surface area (Å²) in [4.78, 5) is 17.5. The van der Waals surface area contributed by atoms with Gasteiger partial charge >= 0.3 is 0 Å². The molecule has 2 rings (SSSR count). The van der Waals surface area contributed by atoms with Crippen LogP contribution in [0.15, 0.2) is 23.9 Å². The van der Waals surface area contributed by atoms with Crippen molar-refractivity contribution >= 4 is 17.2 Å².